The molecule has 120 valence electrons. The summed E-state index contributed by atoms with van der Waals surface area (Å²) in [5.41, 5.74) is 2.65. The molecule has 0 saturated carbocycles. The van der Waals surface area contributed by atoms with E-state index in [1.54, 1.807) is 0 Å². The number of hydrogen-bond acceptors (Lipinski definition) is 3. The summed E-state index contributed by atoms with van der Waals surface area (Å²) in [6.07, 6.45) is -0.121. The van der Waals surface area contributed by atoms with Crippen molar-refractivity contribution in [2.45, 2.75) is 19.3 Å². The van der Waals surface area contributed by atoms with Crippen LogP contribution in [0.15, 0.2) is 48.5 Å². The average molecular weight is 330 g/mol. The summed E-state index contributed by atoms with van der Waals surface area (Å²) < 4.78 is 0. The number of carbonyl (C=O) groups is 1. The standard InChI is InChI=1S/C18H20ClN3O/c1-12(21(2)3)22-16-7-5-4-6-15(16)18(23)20-17(22)13-8-10-14(19)11-9-13/h4-12,17H,1-3H3,(H,20,23). The van der Waals surface area contributed by atoms with Gasteiger partial charge in [-0.25, -0.2) is 0 Å². The number of halogens is 1. The van der Waals surface area contributed by atoms with E-state index in [4.69, 9.17) is 11.6 Å². The van der Waals surface area contributed by atoms with Crippen LogP contribution in [0, 0.1) is 0 Å². The first kappa shape index (κ1) is 15.8. The van der Waals surface area contributed by atoms with Crippen molar-refractivity contribution in [2.24, 2.45) is 0 Å². The molecule has 1 amide bonds. The van der Waals surface area contributed by atoms with E-state index < -0.39 is 0 Å². The molecule has 0 bridgehead atoms. The minimum Gasteiger partial charge on any atom is -0.331 e. The molecule has 0 aromatic heterocycles. The second kappa shape index (κ2) is 6.22. The Kier molecular flexibility index (Phi) is 4.28. The van der Waals surface area contributed by atoms with E-state index >= 15 is 0 Å². The van der Waals surface area contributed by atoms with Crippen LogP contribution in [0.2, 0.25) is 5.02 Å². The van der Waals surface area contributed by atoms with Gasteiger partial charge in [0.25, 0.3) is 5.91 Å². The van der Waals surface area contributed by atoms with Crippen LogP contribution in [-0.4, -0.2) is 31.1 Å². The Morgan fingerprint density at radius 2 is 1.78 bits per heavy atom. The second-order valence-electron chi connectivity index (χ2n) is 5.95. The topological polar surface area (TPSA) is 35.6 Å². The van der Waals surface area contributed by atoms with Gasteiger partial charge in [0, 0.05) is 5.02 Å². The number of nitrogens with zero attached hydrogens (tertiary/aromatic N) is 2. The van der Waals surface area contributed by atoms with Crippen LogP contribution in [0.3, 0.4) is 0 Å². The Morgan fingerprint density at radius 3 is 2.43 bits per heavy atom. The van der Waals surface area contributed by atoms with Crippen LogP contribution in [0.25, 0.3) is 0 Å². The number of fused-ring (bicyclic) bond motifs is 1. The molecule has 0 spiro atoms. The molecule has 0 saturated heterocycles. The maximum Gasteiger partial charge on any atom is 0.255 e. The Morgan fingerprint density at radius 1 is 1.13 bits per heavy atom. The minimum absolute atomic E-state index is 0.0530. The van der Waals surface area contributed by atoms with Crippen molar-refractivity contribution >= 4 is 23.2 Å². The lowest BCUT2D eigenvalue weighted by Gasteiger charge is -2.45. The van der Waals surface area contributed by atoms with Gasteiger partial charge in [-0.2, -0.15) is 0 Å². The highest BCUT2D eigenvalue weighted by Crippen LogP contribution is 2.35. The summed E-state index contributed by atoms with van der Waals surface area (Å²) >= 11 is 6.00. The SMILES string of the molecule is CC(N(C)C)N1c2ccccc2C(=O)NC1c1ccc(Cl)cc1. The van der Waals surface area contributed by atoms with Gasteiger partial charge in [-0.1, -0.05) is 35.9 Å². The molecule has 2 atom stereocenters. The molecule has 2 unspecified atom stereocenters. The average Bonchev–Trinajstić information content (AvgIpc) is 2.55. The van der Waals surface area contributed by atoms with E-state index in [-0.39, 0.29) is 18.2 Å². The molecule has 1 aliphatic rings. The quantitative estimate of drug-likeness (QED) is 0.936. The monoisotopic (exact) mass is 329 g/mol. The van der Waals surface area contributed by atoms with Crippen LogP contribution in [-0.2, 0) is 0 Å². The molecular weight excluding hydrogens is 310 g/mol. The van der Waals surface area contributed by atoms with Gasteiger partial charge < -0.3 is 10.2 Å². The third-order valence-electron chi connectivity index (χ3n) is 4.31. The van der Waals surface area contributed by atoms with Crippen molar-refractivity contribution < 1.29 is 4.79 Å². The summed E-state index contributed by atoms with van der Waals surface area (Å²) in [6.45, 7) is 2.12. The van der Waals surface area contributed by atoms with Crippen LogP contribution in [0.5, 0.6) is 0 Å². The van der Waals surface area contributed by atoms with Gasteiger partial charge in [-0.15, -0.1) is 0 Å². The molecule has 2 aromatic carbocycles. The summed E-state index contributed by atoms with van der Waals surface area (Å²) in [7, 11) is 4.06. The fraction of sp³-hybridized carbons (Fsp3) is 0.278. The summed E-state index contributed by atoms with van der Waals surface area (Å²) in [4.78, 5) is 16.8. The summed E-state index contributed by atoms with van der Waals surface area (Å²) in [5, 5.41) is 3.80. The van der Waals surface area contributed by atoms with Gasteiger partial charge in [0.15, 0.2) is 0 Å². The van der Waals surface area contributed by atoms with Crippen molar-refractivity contribution in [1.82, 2.24) is 10.2 Å². The van der Waals surface area contributed by atoms with Crippen molar-refractivity contribution in [1.29, 1.82) is 0 Å². The maximum atomic E-state index is 12.5. The molecule has 5 heteroatoms. The van der Waals surface area contributed by atoms with Gasteiger partial charge in [0.05, 0.1) is 17.4 Å². The van der Waals surface area contributed by atoms with E-state index in [0.717, 1.165) is 11.3 Å². The highest BCUT2D eigenvalue weighted by molar-refractivity contribution is 6.30. The fourth-order valence-electron chi connectivity index (χ4n) is 2.86. The lowest BCUT2D eigenvalue weighted by Crippen LogP contribution is -2.54. The van der Waals surface area contributed by atoms with E-state index in [0.29, 0.717) is 10.6 Å². The Bertz CT molecular complexity index is 714. The van der Waals surface area contributed by atoms with Gasteiger partial charge in [0.1, 0.15) is 6.17 Å². The maximum absolute atomic E-state index is 12.5. The van der Waals surface area contributed by atoms with Gasteiger partial charge >= 0.3 is 0 Å². The minimum atomic E-state index is -0.230. The lowest BCUT2D eigenvalue weighted by atomic mass is 10.0. The molecule has 3 rings (SSSR count). The van der Waals surface area contributed by atoms with Crippen LogP contribution in [0.4, 0.5) is 5.69 Å². The molecule has 23 heavy (non-hydrogen) atoms. The third-order valence-corrected chi connectivity index (χ3v) is 4.56. The Labute approximate surface area is 141 Å². The second-order valence-corrected chi connectivity index (χ2v) is 6.38. The van der Waals surface area contributed by atoms with Crippen molar-refractivity contribution in [3.8, 4) is 0 Å². The first-order chi connectivity index (χ1) is 11.0. The normalized spacial score (nSPS) is 18.6. The Balaban J connectivity index is 2.11. The molecule has 0 radical (unpaired) electrons. The predicted molar refractivity (Wildman–Crippen MR) is 93.7 cm³/mol. The highest BCUT2D eigenvalue weighted by atomic mass is 35.5. The third kappa shape index (κ3) is 2.92. The van der Waals surface area contributed by atoms with Gasteiger partial charge in [-0.05, 0) is 50.8 Å². The zero-order valence-electron chi connectivity index (χ0n) is 13.5. The predicted octanol–water partition coefficient (Wildman–Crippen LogP) is 3.50. The lowest BCUT2D eigenvalue weighted by molar-refractivity contribution is 0.0916. The van der Waals surface area contributed by atoms with Crippen molar-refractivity contribution in [2.75, 3.05) is 19.0 Å². The largest absolute Gasteiger partial charge is 0.331 e. The molecule has 1 aliphatic heterocycles. The summed E-state index contributed by atoms with van der Waals surface area (Å²) in [6, 6.07) is 15.3. The number of amides is 1. The van der Waals surface area contributed by atoms with Crippen LogP contribution in [0.1, 0.15) is 29.0 Å². The molecule has 0 fully saturated rings. The highest BCUT2D eigenvalue weighted by Gasteiger charge is 2.34. The first-order valence-electron chi connectivity index (χ1n) is 7.59. The Hall–Kier alpha value is -2.04. The number of benzene rings is 2. The van der Waals surface area contributed by atoms with Crippen LogP contribution >= 0.6 is 11.6 Å². The molecule has 1 heterocycles. The van der Waals surface area contributed by atoms with Gasteiger partial charge in [-0.3, -0.25) is 9.69 Å². The zero-order chi connectivity index (χ0) is 16.6. The number of anilines is 1. The number of para-hydroxylation sites is 1. The number of nitrogens with one attached hydrogen (secondary N) is 1. The van der Waals surface area contributed by atoms with E-state index in [2.05, 4.69) is 22.0 Å². The summed E-state index contributed by atoms with van der Waals surface area (Å²) in [5.74, 6) is -0.0530. The van der Waals surface area contributed by atoms with E-state index in [1.165, 1.54) is 0 Å². The zero-order valence-corrected chi connectivity index (χ0v) is 14.2. The smallest absolute Gasteiger partial charge is 0.255 e. The number of hydrogen-bond donors (Lipinski definition) is 1. The number of carbonyl (C=O) groups excluding carboxylic acids is 1. The molecule has 0 aliphatic carbocycles. The number of rotatable bonds is 3. The molecule has 2 aromatic rings. The first-order valence-corrected chi connectivity index (χ1v) is 7.97. The van der Waals surface area contributed by atoms with Crippen molar-refractivity contribution in [3.05, 3.63) is 64.7 Å². The molecule has 4 nitrogen and oxygen atoms in total. The van der Waals surface area contributed by atoms with Crippen molar-refractivity contribution in [3.63, 3.8) is 0 Å². The van der Waals surface area contributed by atoms with Crippen LogP contribution < -0.4 is 10.2 Å². The molecule has 1 N–H and O–H groups in total. The molecular formula is C18H20ClN3O. The van der Waals surface area contributed by atoms with E-state index in [9.17, 15) is 4.79 Å². The fourth-order valence-corrected chi connectivity index (χ4v) is 2.98. The van der Waals surface area contributed by atoms with Gasteiger partial charge in [0.2, 0.25) is 0 Å². The van der Waals surface area contributed by atoms with E-state index in [1.807, 2.05) is 62.6 Å².